The standard InChI is InChI=1S/C11H14O3.Ti/c1-2-3-8-14-11(13)9-4-6-10(12)7-5-9;/h4-7,12H,2-3,8H2,1H3;. The first kappa shape index (κ1) is 14.2. The minimum absolute atomic E-state index is 0. The Hall–Kier alpha value is -0.796. The van der Waals surface area contributed by atoms with Crippen molar-refractivity contribution in [2.45, 2.75) is 19.8 Å². The van der Waals surface area contributed by atoms with E-state index in [2.05, 4.69) is 0 Å². The maximum absolute atomic E-state index is 11.3. The van der Waals surface area contributed by atoms with Crippen molar-refractivity contribution in [3.63, 3.8) is 0 Å². The summed E-state index contributed by atoms with van der Waals surface area (Å²) in [6.45, 7) is 2.49. The zero-order valence-corrected chi connectivity index (χ0v) is 10.3. The van der Waals surface area contributed by atoms with E-state index in [0.29, 0.717) is 12.2 Å². The average Bonchev–Trinajstić information content (AvgIpc) is 2.19. The molecule has 0 unspecified atom stereocenters. The van der Waals surface area contributed by atoms with Crippen molar-refractivity contribution in [2.75, 3.05) is 6.61 Å². The van der Waals surface area contributed by atoms with E-state index < -0.39 is 0 Å². The molecule has 0 aliphatic heterocycles. The topological polar surface area (TPSA) is 46.5 Å². The number of aromatic hydroxyl groups is 1. The van der Waals surface area contributed by atoms with E-state index in [9.17, 15) is 4.79 Å². The Bertz CT molecular complexity index is 295. The van der Waals surface area contributed by atoms with Crippen molar-refractivity contribution in [1.82, 2.24) is 0 Å². The fourth-order valence-electron chi connectivity index (χ4n) is 0.990. The number of carbonyl (C=O) groups excluding carboxylic acids is 1. The van der Waals surface area contributed by atoms with E-state index in [4.69, 9.17) is 9.84 Å². The van der Waals surface area contributed by atoms with Gasteiger partial charge in [0.15, 0.2) is 0 Å². The number of esters is 1. The first-order chi connectivity index (χ1) is 6.74. The molecule has 4 heteroatoms. The molecule has 0 amide bonds. The van der Waals surface area contributed by atoms with E-state index in [-0.39, 0.29) is 33.4 Å². The van der Waals surface area contributed by atoms with E-state index >= 15 is 0 Å². The van der Waals surface area contributed by atoms with Gasteiger partial charge in [-0.1, -0.05) is 13.3 Å². The second-order valence-electron chi connectivity index (χ2n) is 3.04. The van der Waals surface area contributed by atoms with Crippen molar-refractivity contribution in [2.24, 2.45) is 0 Å². The zero-order chi connectivity index (χ0) is 10.4. The number of benzene rings is 1. The summed E-state index contributed by atoms with van der Waals surface area (Å²) in [7, 11) is 0. The van der Waals surface area contributed by atoms with Gasteiger partial charge in [-0.2, -0.15) is 0 Å². The minimum Gasteiger partial charge on any atom is -0.508 e. The molecule has 1 aromatic carbocycles. The van der Waals surface area contributed by atoms with Gasteiger partial charge in [0.25, 0.3) is 0 Å². The summed E-state index contributed by atoms with van der Waals surface area (Å²) in [5, 5.41) is 9.00. The second-order valence-corrected chi connectivity index (χ2v) is 3.04. The largest absolute Gasteiger partial charge is 0.508 e. The summed E-state index contributed by atoms with van der Waals surface area (Å²) in [4.78, 5) is 11.3. The van der Waals surface area contributed by atoms with Crippen LogP contribution in [0.1, 0.15) is 30.1 Å². The minimum atomic E-state index is -0.335. The van der Waals surface area contributed by atoms with Crippen LogP contribution in [0.2, 0.25) is 0 Å². The number of ether oxygens (including phenoxy) is 1. The molecule has 0 heterocycles. The molecule has 0 aliphatic rings. The van der Waals surface area contributed by atoms with Crippen molar-refractivity contribution in [3.05, 3.63) is 29.8 Å². The summed E-state index contributed by atoms with van der Waals surface area (Å²) in [6, 6.07) is 6.03. The smallest absolute Gasteiger partial charge is 0.338 e. The number of carbonyl (C=O) groups is 1. The molecule has 0 aromatic heterocycles. The van der Waals surface area contributed by atoms with Crippen LogP contribution in [-0.4, -0.2) is 17.7 Å². The molecule has 0 aliphatic carbocycles. The van der Waals surface area contributed by atoms with E-state index in [0.717, 1.165) is 12.8 Å². The predicted molar refractivity (Wildman–Crippen MR) is 53.3 cm³/mol. The Kier molecular flexibility index (Phi) is 7.09. The maximum atomic E-state index is 11.3. The van der Waals surface area contributed by atoms with Crippen LogP contribution in [0, 0.1) is 0 Å². The first-order valence-corrected chi connectivity index (χ1v) is 4.70. The van der Waals surface area contributed by atoms with Crippen molar-refractivity contribution < 1.29 is 36.4 Å². The summed E-state index contributed by atoms with van der Waals surface area (Å²) in [5.41, 5.74) is 0.471. The van der Waals surface area contributed by atoms with Gasteiger partial charge in [-0.15, -0.1) is 0 Å². The van der Waals surface area contributed by atoms with Crippen LogP contribution < -0.4 is 0 Å². The van der Waals surface area contributed by atoms with Gasteiger partial charge in [-0.25, -0.2) is 4.79 Å². The Morgan fingerprint density at radius 2 is 1.93 bits per heavy atom. The summed E-state index contributed by atoms with van der Waals surface area (Å²) < 4.78 is 4.99. The second kappa shape index (κ2) is 7.49. The van der Waals surface area contributed by atoms with Crippen LogP contribution in [0.3, 0.4) is 0 Å². The summed E-state index contributed by atoms with van der Waals surface area (Å²) in [6.07, 6.45) is 1.88. The van der Waals surface area contributed by atoms with Crippen LogP contribution >= 0.6 is 0 Å². The predicted octanol–water partition coefficient (Wildman–Crippen LogP) is 2.35. The van der Waals surface area contributed by atoms with Crippen LogP contribution in [-0.2, 0) is 26.5 Å². The number of hydrogen-bond acceptors (Lipinski definition) is 3. The molecular weight excluding hydrogens is 228 g/mol. The van der Waals surface area contributed by atoms with Crippen LogP contribution in [0.5, 0.6) is 5.75 Å². The number of rotatable bonds is 4. The first-order valence-electron chi connectivity index (χ1n) is 4.70. The van der Waals surface area contributed by atoms with Crippen molar-refractivity contribution in [3.8, 4) is 5.75 Å². The fourth-order valence-corrected chi connectivity index (χ4v) is 0.990. The summed E-state index contributed by atoms with van der Waals surface area (Å²) in [5.74, 6) is -0.187. The Labute approximate surface area is 104 Å². The van der Waals surface area contributed by atoms with Crippen LogP contribution in [0.4, 0.5) is 0 Å². The molecule has 0 radical (unpaired) electrons. The molecule has 80 valence electrons. The zero-order valence-electron chi connectivity index (χ0n) is 8.69. The molecule has 0 atom stereocenters. The molecular formula is C11H14O3Ti. The third-order valence-corrected chi connectivity index (χ3v) is 1.83. The third kappa shape index (κ3) is 5.00. The Balaban J connectivity index is 0.00000196. The molecule has 0 bridgehead atoms. The number of hydrogen-bond donors (Lipinski definition) is 1. The Morgan fingerprint density at radius 1 is 1.33 bits per heavy atom. The summed E-state index contributed by atoms with van der Waals surface area (Å²) >= 11 is 0. The third-order valence-electron chi connectivity index (χ3n) is 1.83. The van der Waals surface area contributed by atoms with Crippen LogP contribution in [0.15, 0.2) is 24.3 Å². The molecule has 1 rings (SSSR count). The number of phenols is 1. The van der Waals surface area contributed by atoms with Gasteiger partial charge in [0, 0.05) is 21.7 Å². The molecule has 15 heavy (non-hydrogen) atoms. The SMILES string of the molecule is CCCCOC(=O)c1ccc(O)cc1.[Ti]. The average molecular weight is 242 g/mol. The van der Waals surface area contributed by atoms with E-state index in [1.807, 2.05) is 6.92 Å². The van der Waals surface area contributed by atoms with Gasteiger partial charge >= 0.3 is 5.97 Å². The normalized spacial score (nSPS) is 9.13. The fraction of sp³-hybridized carbons (Fsp3) is 0.364. The van der Waals surface area contributed by atoms with E-state index in [1.54, 1.807) is 12.1 Å². The number of unbranched alkanes of at least 4 members (excludes halogenated alkanes) is 1. The number of phenolic OH excluding ortho intramolecular Hbond substituents is 1. The van der Waals surface area contributed by atoms with Gasteiger partial charge in [-0.3, -0.25) is 0 Å². The van der Waals surface area contributed by atoms with Gasteiger partial charge < -0.3 is 9.84 Å². The van der Waals surface area contributed by atoms with Gasteiger partial charge in [0.05, 0.1) is 12.2 Å². The molecule has 0 saturated heterocycles. The van der Waals surface area contributed by atoms with E-state index in [1.165, 1.54) is 12.1 Å². The van der Waals surface area contributed by atoms with Crippen molar-refractivity contribution in [1.29, 1.82) is 0 Å². The molecule has 0 fully saturated rings. The quantitative estimate of drug-likeness (QED) is 0.500. The molecule has 3 nitrogen and oxygen atoms in total. The maximum Gasteiger partial charge on any atom is 0.338 e. The Morgan fingerprint density at radius 3 is 2.47 bits per heavy atom. The molecule has 0 spiro atoms. The molecule has 1 aromatic rings. The monoisotopic (exact) mass is 242 g/mol. The van der Waals surface area contributed by atoms with Crippen LogP contribution in [0.25, 0.3) is 0 Å². The molecule has 0 saturated carbocycles. The van der Waals surface area contributed by atoms with Gasteiger partial charge in [0.1, 0.15) is 5.75 Å². The van der Waals surface area contributed by atoms with Crippen molar-refractivity contribution >= 4 is 5.97 Å². The van der Waals surface area contributed by atoms with Gasteiger partial charge in [-0.05, 0) is 30.7 Å². The van der Waals surface area contributed by atoms with Gasteiger partial charge in [0.2, 0.25) is 0 Å². The molecule has 1 N–H and O–H groups in total.